The molecule has 0 amide bonds. The molecule has 1 aromatic rings. The van der Waals surface area contributed by atoms with Gasteiger partial charge in [0.2, 0.25) is 0 Å². The highest BCUT2D eigenvalue weighted by Crippen LogP contribution is 2.45. The molecule has 2 fully saturated rings. The normalized spacial score (nSPS) is 19.8. The highest BCUT2D eigenvalue weighted by atomic mass is 19.2. The summed E-state index contributed by atoms with van der Waals surface area (Å²) in [6, 6.07) is 2.38. The molecule has 0 atom stereocenters. The zero-order valence-electron chi connectivity index (χ0n) is 9.35. The van der Waals surface area contributed by atoms with Crippen LogP contribution in [0.25, 0.3) is 0 Å². The van der Waals surface area contributed by atoms with E-state index in [4.69, 9.17) is 0 Å². The molecule has 1 nitrogen and oxygen atoms in total. The summed E-state index contributed by atoms with van der Waals surface area (Å²) in [5.41, 5.74) is 0.352. The summed E-state index contributed by atoms with van der Waals surface area (Å²) < 4.78 is 39.0. The van der Waals surface area contributed by atoms with Crippen molar-refractivity contribution in [3.8, 4) is 0 Å². The third-order valence-electron chi connectivity index (χ3n) is 3.58. The smallest absolute Gasteiger partial charge is 0.194 e. The van der Waals surface area contributed by atoms with Gasteiger partial charge in [-0.25, -0.2) is 13.2 Å². The zero-order valence-corrected chi connectivity index (χ0v) is 9.35. The van der Waals surface area contributed by atoms with E-state index in [9.17, 15) is 13.2 Å². The molecule has 2 aliphatic carbocycles. The molecular formula is C13H14F3N. The Balaban J connectivity index is 1.79. The lowest BCUT2D eigenvalue weighted by molar-refractivity contribution is 0.447. The van der Waals surface area contributed by atoms with Crippen LogP contribution in [0.5, 0.6) is 0 Å². The first kappa shape index (κ1) is 10.9. The van der Waals surface area contributed by atoms with Crippen molar-refractivity contribution in [2.75, 3.05) is 5.32 Å². The fourth-order valence-corrected chi connectivity index (χ4v) is 2.36. The number of hydrogen-bond acceptors (Lipinski definition) is 1. The Morgan fingerprint density at radius 3 is 1.82 bits per heavy atom. The van der Waals surface area contributed by atoms with Crippen LogP contribution in [-0.4, -0.2) is 6.04 Å². The SMILES string of the molecule is Fc1cc(NC(C2CC2)C2CC2)cc(F)c1F. The van der Waals surface area contributed by atoms with Gasteiger partial charge >= 0.3 is 0 Å². The van der Waals surface area contributed by atoms with Crippen LogP contribution in [0, 0.1) is 29.3 Å². The molecule has 0 aliphatic heterocycles. The minimum atomic E-state index is -1.40. The predicted octanol–water partition coefficient (Wildman–Crippen LogP) is 3.70. The number of anilines is 1. The van der Waals surface area contributed by atoms with E-state index in [2.05, 4.69) is 5.32 Å². The molecule has 2 aliphatic rings. The van der Waals surface area contributed by atoms with Crippen molar-refractivity contribution in [2.24, 2.45) is 11.8 Å². The van der Waals surface area contributed by atoms with Crippen LogP contribution in [0.4, 0.5) is 18.9 Å². The fraction of sp³-hybridized carbons (Fsp3) is 0.538. The van der Waals surface area contributed by atoms with E-state index >= 15 is 0 Å². The van der Waals surface area contributed by atoms with Gasteiger partial charge in [0.25, 0.3) is 0 Å². The Bertz CT molecular complexity index is 403. The van der Waals surface area contributed by atoms with Gasteiger partial charge in [-0.2, -0.15) is 0 Å². The largest absolute Gasteiger partial charge is 0.382 e. The van der Waals surface area contributed by atoms with E-state index in [-0.39, 0.29) is 0 Å². The van der Waals surface area contributed by atoms with Crippen LogP contribution in [0.15, 0.2) is 12.1 Å². The first-order valence-electron chi connectivity index (χ1n) is 6.06. The molecule has 3 rings (SSSR count). The Morgan fingerprint density at radius 1 is 0.941 bits per heavy atom. The average Bonchev–Trinajstić information content (AvgIpc) is 3.16. The number of nitrogens with one attached hydrogen (secondary N) is 1. The van der Waals surface area contributed by atoms with E-state index < -0.39 is 17.5 Å². The number of rotatable bonds is 4. The molecule has 0 spiro atoms. The molecule has 0 aromatic heterocycles. The Kier molecular flexibility index (Phi) is 2.53. The van der Waals surface area contributed by atoms with Crippen molar-refractivity contribution >= 4 is 5.69 Å². The number of halogens is 3. The highest BCUT2D eigenvalue weighted by molar-refractivity contribution is 5.45. The zero-order chi connectivity index (χ0) is 12.0. The highest BCUT2D eigenvalue weighted by Gasteiger charge is 2.41. The van der Waals surface area contributed by atoms with Gasteiger partial charge in [0.15, 0.2) is 17.5 Å². The Morgan fingerprint density at radius 2 is 1.41 bits per heavy atom. The van der Waals surface area contributed by atoms with Crippen LogP contribution in [0.2, 0.25) is 0 Å². The summed E-state index contributed by atoms with van der Waals surface area (Å²) in [6.07, 6.45) is 4.72. The Hall–Kier alpha value is -1.19. The van der Waals surface area contributed by atoms with Gasteiger partial charge in [-0.15, -0.1) is 0 Å². The summed E-state index contributed by atoms with van der Waals surface area (Å²) in [4.78, 5) is 0. The summed E-state index contributed by atoms with van der Waals surface area (Å²) >= 11 is 0. The van der Waals surface area contributed by atoms with Crippen molar-refractivity contribution in [3.05, 3.63) is 29.6 Å². The van der Waals surface area contributed by atoms with Gasteiger partial charge < -0.3 is 5.32 Å². The van der Waals surface area contributed by atoms with Crippen LogP contribution < -0.4 is 5.32 Å². The second-order valence-corrected chi connectivity index (χ2v) is 5.10. The Labute approximate surface area is 98.0 Å². The van der Waals surface area contributed by atoms with Crippen LogP contribution >= 0.6 is 0 Å². The molecule has 0 saturated heterocycles. The molecule has 0 unspecified atom stereocenters. The molecule has 4 heteroatoms. The standard InChI is InChI=1S/C13H14F3N/c14-10-5-9(6-11(15)12(10)16)17-13(7-1-2-7)8-3-4-8/h5-8,13,17H,1-4H2. The van der Waals surface area contributed by atoms with E-state index in [1.807, 2.05) is 0 Å². The maximum absolute atomic E-state index is 13.1. The van der Waals surface area contributed by atoms with Gasteiger partial charge in [0.05, 0.1) is 0 Å². The van der Waals surface area contributed by atoms with Gasteiger partial charge in [0.1, 0.15) is 0 Å². The lowest BCUT2D eigenvalue weighted by Crippen LogP contribution is -2.24. The summed E-state index contributed by atoms with van der Waals surface area (Å²) in [6.45, 7) is 0. The maximum atomic E-state index is 13.1. The lowest BCUT2D eigenvalue weighted by Gasteiger charge is -2.19. The van der Waals surface area contributed by atoms with Crippen LogP contribution in [0.1, 0.15) is 25.7 Å². The molecule has 92 valence electrons. The predicted molar refractivity (Wildman–Crippen MR) is 59.2 cm³/mol. The van der Waals surface area contributed by atoms with Gasteiger partial charge in [-0.3, -0.25) is 0 Å². The van der Waals surface area contributed by atoms with Gasteiger partial charge in [0, 0.05) is 23.9 Å². The molecular weight excluding hydrogens is 227 g/mol. The lowest BCUT2D eigenvalue weighted by atomic mass is 10.1. The monoisotopic (exact) mass is 241 g/mol. The van der Waals surface area contributed by atoms with E-state index in [1.165, 1.54) is 25.7 Å². The minimum Gasteiger partial charge on any atom is -0.382 e. The number of hydrogen-bond donors (Lipinski definition) is 1. The van der Waals surface area contributed by atoms with E-state index in [0.29, 0.717) is 23.6 Å². The summed E-state index contributed by atoms with van der Waals surface area (Å²) in [5.74, 6) is -2.40. The maximum Gasteiger partial charge on any atom is 0.194 e. The summed E-state index contributed by atoms with van der Waals surface area (Å²) in [5, 5.41) is 3.17. The molecule has 1 N–H and O–H groups in total. The molecule has 17 heavy (non-hydrogen) atoms. The second-order valence-electron chi connectivity index (χ2n) is 5.10. The fourth-order valence-electron chi connectivity index (χ4n) is 2.36. The first-order valence-corrected chi connectivity index (χ1v) is 6.06. The average molecular weight is 241 g/mol. The van der Waals surface area contributed by atoms with Crippen LogP contribution in [0.3, 0.4) is 0 Å². The van der Waals surface area contributed by atoms with Gasteiger partial charge in [-0.1, -0.05) is 0 Å². The van der Waals surface area contributed by atoms with Crippen molar-refractivity contribution in [1.82, 2.24) is 0 Å². The minimum absolute atomic E-state index is 0.305. The first-order chi connectivity index (χ1) is 8.15. The van der Waals surface area contributed by atoms with Crippen molar-refractivity contribution in [2.45, 2.75) is 31.7 Å². The van der Waals surface area contributed by atoms with Crippen LogP contribution in [-0.2, 0) is 0 Å². The summed E-state index contributed by atoms with van der Waals surface area (Å²) in [7, 11) is 0. The topological polar surface area (TPSA) is 12.0 Å². The molecule has 0 heterocycles. The molecule has 0 bridgehead atoms. The third-order valence-corrected chi connectivity index (χ3v) is 3.58. The quantitative estimate of drug-likeness (QED) is 0.792. The number of benzene rings is 1. The van der Waals surface area contributed by atoms with Crippen molar-refractivity contribution in [3.63, 3.8) is 0 Å². The van der Waals surface area contributed by atoms with E-state index in [0.717, 1.165) is 12.1 Å². The molecule has 0 radical (unpaired) electrons. The second kappa shape index (κ2) is 3.93. The molecule has 2 saturated carbocycles. The van der Waals surface area contributed by atoms with Gasteiger partial charge in [-0.05, 0) is 37.5 Å². The van der Waals surface area contributed by atoms with Crippen molar-refractivity contribution < 1.29 is 13.2 Å². The molecule has 1 aromatic carbocycles. The van der Waals surface area contributed by atoms with E-state index in [1.54, 1.807) is 0 Å². The van der Waals surface area contributed by atoms with Crippen molar-refractivity contribution in [1.29, 1.82) is 0 Å². The third kappa shape index (κ3) is 2.26.